The van der Waals surface area contributed by atoms with E-state index < -0.39 is 0 Å². The highest BCUT2D eigenvalue weighted by molar-refractivity contribution is 14.0. The lowest BCUT2D eigenvalue weighted by atomic mass is 9.97. The average molecular weight is 465 g/mol. The van der Waals surface area contributed by atoms with Crippen LogP contribution in [0.1, 0.15) is 44.3 Å². The summed E-state index contributed by atoms with van der Waals surface area (Å²) in [7, 11) is 0. The molecule has 0 saturated carbocycles. The quantitative estimate of drug-likeness (QED) is 0.369. The van der Waals surface area contributed by atoms with Crippen LogP contribution in [0.15, 0.2) is 10.4 Å². The molecular weight excluding hydrogens is 433 g/mol. The first-order chi connectivity index (χ1) is 11.2. The summed E-state index contributed by atoms with van der Waals surface area (Å²) in [5.74, 6) is 1.66. The van der Waals surface area contributed by atoms with Crippen molar-refractivity contribution < 1.29 is 0 Å². The normalized spacial score (nSPS) is 15.6. The fourth-order valence-electron chi connectivity index (χ4n) is 2.87. The number of likely N-dealkylation sites (tertiary alicyclic amines) is 1. The molecule has 1 aromatic rings. The number of thiazole rings is 1. The van der Waals surface area contributed by atoms with E-state index in [0.717, 1.165) is 51.6 Å². The number of aryl methyl sites for hydroxylation is 1. The highest BCUT2D eigenvalue weighted by Gasteiger charge is 2.19. The van der Waals surface area contributed by atoms with E-state index in [9.17, 15) is 0 Å². The molecule has 2 N–H and O–H groups in total. The molecule has 0 spiro atoms. The Morgan fingerprint density at radius 3 is 2.46 bits per heavy atom. The van der Waals surface area contributed by atoms with Crippen LogP contribution in [0.25, 0.3) is 0 Å². The van der Waals surface area contributed by atoms with Crippen LogP contribution >= 0.6 is 35.3 Å². The number of piperidine rings is 1. The number of halogens is 1. The van der Waals surface area contributed by atoms with E-state index in [4.69, 9.17) is 4.99 Å². The first-order valence-corrected chi connectivity index (χ1v) is 9.80. The molecule has 0 bridgehead atoms. The smallest absolute Gasteiger partial charge is 0.191 e. The predicted octanol–water partition coefficient (Wildman–Crippen LogP) is 3.11. The zero-order valence-electron chi connectivity index (χ0n) is 15.2. The molecule has 24 heavy (non-hydrogen) atoms. The van der Waals surface area contributed by atoms with Crippen LogP contribution in [0.2, 0.25) is 0 Å². The number of aliphatic imine (C=N–C) groups is 1. The maximum absolute atomic E-state index is 4.72. The van der Waals surface area contributed by atoms with Gasteiger partial charge in [0.25, 0.3) is 0 Å². The van der Waals surface area contributed by atoms with Gasteiger partial charge in [-0.3, -0.25) is 9.89 Å². The second-order valence-corrected chi connectivity index (χ2v) is 7.00. The Morgan fingerprint density at radius 1 is 1.25 bits per heavy atom. The van der Waals surface area contributed by atoms with E-state index in [2.05, 4.69) is 46.7 Å². The van der Waals surface area contributed by atoms with Gasteiger partial charge in [-0.05, 0) is 52.1 Å². The molecule has 5 nitrogen and oxygen atoms in total. The van der Waals surface area contributed by atoms with Gasteiger partial charge in [0.15, 0.2) is 5.96 Å². The zero-order valence-corrected chi connectivity index (χ0v) is 18.3. The second kappa shape index (κ2) is 12.0. The molecule has 0 unspecified atom stereocenters. The third-order valence-corrected chi connectivity index (χ3v) is 5.23. The lowest BCUT2D eigenvalue weighted by Gasteiger charge is -2.30. The fraction of sp³-hybridized carbons (Fsp3) is 0.765. The molecule has 1 saturated heterocycles. The van der Waals surface area contributed by atoms with Gasteiger partial charge >= 0.3 is 0 Å². The Labute approximate surface area is 167 Å². The molecule has 0 radical (unpaired) electrons. The van der Waals surface area contributed by atoms with Crippen molar-refractivity contribution in [1.82, 2.24) is 20.5 Å². The van der Waals surface area contributed by atoms with Crippen molar-refractivity contribution in [1.29, 1.82) is 0 Å². The number of hydrogen-bond donors (Lipinski definition) is 2. The Balaban J connectivity index is 0.00000288. The van der Waals surface area contributed by atoms with Gasteiger partial charge in [0.1, 0.15) is 0 Å². The van der Waals surface area contributed by atoms with Gasteiger partial charge in [0.05, 0.1) is 10.7 Å². The Morgan fingerprint density at radius 2 is 1.92 bits per heavy atom. The maximum atomic E-state index is 4.72. The van der Waals surface area contributed by atoms with Gasteiger partial charge in [0, 0.05) is 31.6 Å². The minimum Gasteiger partial charge on any atom is -0.357 e. The fourth-order valence-corrected chi connectivity index (χ4v) is 3.61. The summed E-state index contributed by atoms with van der Waals surface area (Å²) in [5, 5.41) is 10.1. The van der Waals surface area contributed by atoms with Gasteiger partial charge in [-0.15, -0.1) is 35.3 Å². The van der Waals surface area contributed by atoms with Gasteiger partial charge < -0.3 is 10.6 Å². The largest absolute Gasteiger partial charge is 0.357 e. The van der Waals surface area contributed by atoms with Gasteiger partial charge in [0.2, 0.25) is 0 Å². The summed E-state index contributed by atoms with van der Waals surface area (Å²) >= 11 is 1.79. The third kappa shape index (κ3) is 7.23. The molecular formula is C17H32IN5S. The molecule has 1 aliphatic rings. The van der Waals surface area contributed by atoms with Gasteiger partial charge in [-0.2, -0.15) is 0 Å². The van der Waals surface area contributed by atoms with Crippen molar-refractivity contribution in [3.63, 3.8) is 0 Å². The number of guanidine groups is 1. The molecule has 1 aliphatic heterocycles. The second-order valence-electron chi connectivity index (χ2n) is 6.06. The van der Waals surface area contributed by atoms with Crippen molar-refractivity contribution in [3.05, 3.63) is 16.1 Å². The standard InChI is InChI=1S/C17H31N5S.HI/c1-4-16-21-15(13-23-16)12-22-9-7-14(8-10-22)11-20-17(18-5-2)19-6-3;/h13-14H,4-12H2,1-3H3,(H2,18,19,20);1H. The third-order valence-electron chi connectivity index (χ3n) is 4.19. The van der Waals surface area contributed by atoms with Crippen molar-refractivity contribution in [3.8, 4) is 0 Å². The van der Waals surface area contributed by atoms with E-state index in [1.54, 1.807) is 11.3 Å². The van der Waals surface area contributed by atoms with Crippen LogP contribution in [0.4, 0.5) is 0 Å². The summed E-state index contributed by atoms with van der Waals surface area (Å²) in [6.45, 7) is 12.5. The van der Waals surface area contributed by atoms with Crippen LogP contribution in [0.3, 0.4) is 0 Å². The van der Waals surface area contributed by atoms with Crippen LogP contribution in [0, 0.1) is 5.92 Å². The Hall–Kier alpha value is -0.410. The molecule has 0 amide bonds. The molecule has 7 heteroatoms. The number of rotatable bonds is 7. The minimum absolute atomic E-state index is 0. The number of nitrogens with one attached hydrogen (secondary N) is 2. The van der Waals surface area contributed by atoms with Gasteiger partial charge in [-0.25, -0.2) is 4.98 Å². The topological polar surface area (TPSA) is 52.6 Å². The lowest BCUT2D eigenvalue weighted by Crippen LogP contribution is -2.38. The summed E-state index contributed by atoms with van der Waals surface area (Å²) < 4.78 is 0. The average Bonchev–Trinajstić information content (AvgIpc) is 3.02. The van der Waals surface area contributed by atoms with Crippen LogP contribution in [0.5, 0.6) is 0 Å². The maximum Gasteiger partial charge on any atom is 0.191 e. The van der Waals surface area contributed by atoms with Crippen molar-refractivity contribution in [2.75, 3.05) is 32.7 Å². The zero-order chi connectivity index (χ0) is 16.5. The highest BCUT2D eigenvalue weighted by atomic mass is 127. The summed E-state index contributed by atoms with van der Waals surface area (Å²) in [6.07, 6.45) is 3.52. The number of aromatic nitrogens is 1. The molecule has 0 atom stereocenters. The molecule has 0 aromatic carbocycles. The highest BCUT2D eigenvalue weighted by Crippen LogP contribution is 2.20. The Kier molecular flexibility index (Phi) is 10.8. The van der Waals surface area contributed by atoms with Crippen molar-refractivity contribution >= 4 is 41.3 Å². The molecule has 2 heterocycles. The first kappa shape index (κ1) is 21.6. The summed E-state index contributed by atoms with van der Waals surface area (Å²) in [6, 6.07) is 0. The lowest BCUT2D eigenvalue weighted by molar-refractivity contribution is 0.179. The van der Waals surface area contributed by atoms with Crippen LogP contribution < -0.4 is 10.6 Å². The Bertz CT molecular complexity index is 475. The molecule has 138 valence electrons. The molecule has 1 aromatic heterocycles. The summed E-state index contributed by atoms with van der Waals surface area (Å²) in [4.78, 5) is 11.9. The van der Waals surface area contributed by atoms with Gasteiger partial charge in [-0.1, -0.05) is 6.92 Å². The minimum atomic E-state index is 0. The monoisotopic (exact) mass is 465 g/mol. The van der Waals surface area contributed by atoms with Crippen LogP contribution in [-0.2, 0) is 13.0 Å². The predicted molar refractivity (Wildman–Crippen MR) is 115 cm³/mol. The van der Waals surface area contributed by atoms with E-state index >= 15 is 0 Å². The van der Waals surface area contributed by atoms with E-state index in [1.807, 2.05) is 0 Å². The molecule has 1 fully saturated rings. The molecule has 2 rings (SSSR count). The van der Waals surface area contributed by atoms with Crippen LogP contribution in [-0.4, -0.2) is 48.6 Å². The first-order valence-electron chi connectivity index (χ1n) is 8.92. The van der Waals surface area contributed by atoms with E-state index in [0.29, 0.717) is 5.92 Å². The van der Waals surface area contributed by atoms with E-state index in [-0.39, 0.29) is 24.0 Å². The number of nitrogens with zero attached hydrogens (tertiary/aromatic N) is 3. The van der Waals surface area contributed by atoms with E-state index in [1.165, 1.54) is 23.5 Å². The molecule has 0 aliphatic carbocycles. The number of hydrogen-bond acceptors (Lipinski definition) is 4. The SMILES string of the molecule is CCNC(=NCC1CCN(Cc2csc(CC)n2)CC1)NCC.I. The van der Waals surface area contributed by atoms with Crippen molar-refractivity contribution in [2.45, 2.75) is 46.6 Å². The summed E-state index contributed by atoms with van der Waals surface area (Å²) in [5.41, 5.74) is 1.24. The van der Waals surface area contributed by atoms with Crippen molar-refractivity contribution in [2.24, 2.45) is 10.9 Å².